The van der Waals surface area contributed by atoms with Gasteiger partial charge in [0.2, 0.25) is 0 Å². The SMILES string of the molecule is CC(C)(C)OC(=O)c1cc(-c2ccc([N+](=O)[O-])cc2)ccn1. The van der Waals surface area contributed by atoms with Crippen molar-refractivity contribution in [2.24, 2.45) is 0 Å². The van der Waals surface area contributed by atoms with Crippen molar-refractivity contribution >= 4 is 11.7 Å². The zero-order valence-corrected chi connectivity index (χ0v) is 12.6. The Hall–Kier alpha value is -2.76. The van der Waals surface area contributed by atoms with Crippen LogP contribution in [0.3, 0.4) is 0 Å². The van der Waals surface area contributed by atoms with E-state index in [-0.39, 0.29) is 11.4 Å². The maximum Gasteiger partial charge on any atom is 0.357 e. The number of nitro groups is 1. The molecule has 6 nitrogen and oxygen atoms in total. The largest absolute Gasteiger partial charge is 0.455 e. The van der Waals surface area contributed by atoms with Gasteiger partial charge in [-0.15, -0.1) is 0 Å². The Morgan fingerprint density at radius 2 is 1.77 bits per heavy atom. The van der Waals surface area contributed by atoms with Crippen LogP contribution >= 0.6 is 0 Å². The van der Waals surface area contributed by atoms with Crippen molar-refractivity contribution in [3.63, 3.8) is 0 Å². The summed E-state index contributed by atoms with van der Waals surface area (Å²) < 4.78 is 5.27. The Balaban J connectivity index is 2.28. The third-order valence-electron chi connectivity index (χ3n) is 2.78. The van der Waals surface area contributed by atoms with Gasteiger partial charge in [0.1, 0.15) is 11.3 Å². The summed E-state index contributed by atoms with van der Waals surface area (Å²) in [6.07, 6.45) is 1.51. The van der Waals surface area contributed by atoms with Gasteiger partial charge in [-0.05, 0) is 56.2 Å². The monoisotopic (exact) mass is 300 g/mol. The molecule has 0 fully saturated rings. The van der Waals surface area contributed by atoms with Gasteiger partial charge < -0.3 is 4.74 Å². The second-order valence-corrected chi connectivity index (χ2v) is 5.74. The van der Waals surface area contributed by atoms with Gasteiger partial charge in [0.05, 0.1) is 4.92 Å². The lowest BCUT2D eigenvalue weighted by Crippen LogP contribution is -2.24. The van der Waals surface area contributed by atoms with Gasteiger partial charge in [-0.3, -0.25) is 10.1 Å². The summed E-state index contributed by atoms with van der Waals surface area (Å²) in [5, 5.41) is 10.7. The van der Waals surface area contributed by atoms with E-state index in [0.29, 0.717) is 0 Å². The van der Waals surface area contributed by atoms with E-state index in [4.69, 9.17) is 4.74 Å². The zero-order chi connectivity index (χ0) is 16.3. The normalized spacial score (nSPS) is 11.0. The van der Waals surface area contributed by atoms with Crippen LogP contribution in [-0.2, 0) is 4.74 Å². The Bertz CT molecular complexity index is 703. The molecule has 2 aromatic rings. The molecular formula is C16H16N2O4. The van der Waals surface area contributed by atoms with E-state index in [2.05, 4.69) is 4.98 Å². The molecule has 0 unspecified atom stereocenters. The van der Waals surface area contributed by atoms with Crippen LogP contribution in [0.1, 0.15) is 31.3 Å². The lowest BCUT2D eigenvalue weighted by molar-refractivity contribution is -0.384. The molecule has 0 aliphatic rings. The minimum absolute atomic E-state index is 0.0187. The first kappa shape index (κ1) is 15.6. The Morgan fingerprint density at radius 1 is 1.14 bits per heavy atom. The number of nitro benzene ring substituents is 1. The minimum atomic E-state index is -0.595. The van der Waals surface area contributed by atoms with Crippen molar-refractivity contribution in [1.29, 1.82) is 0 Å². The molecule has 1 heterocycles. The zero-order valence-electron chi connectivity index (χ0n) is 12.6. The number of rotatable bonds is 3. The average Bonchev–Trinajstić information content (AvgIpc) is 2.46. The van der Waals surface area contributed by atoms with Crippen LogP contribution in [-0.4, -0.2) is 21.5 Å². The molecule has 0 aliphatic carbocycles. The van der Waals surface area contributed by atoms with Crippen LogP contribution in [0.15, 0.2) is 42.6 Å². The molecule has 22 heavy (non-hydrogen) atoms. The molecule has 0 radical (unpaired) electrons. The van der Waals surface area contributed by atoms with E-state index in [1.165, 1.54) is 18.3 Å². The molecule has 0 amide bonds. The van der Waals surface area contributed by atoms with E-state index >= 15 is 0 Å². The molecule has 0 atom stereocenters. The van der Waals surface area contributed by atoms with Crippen molar-refractivity contribution in [2.45, 2.75) is 26.4 Å². The molecule has 2 rings (SSSR count). The fourth-order valence-electron chi connectivity index (χ4n) is 1.83. The first-order chi connectivity index (χ1) is 10.3. The number of non-ortho nitro benzene ring substituents is 1. The van der Waals surface area contributed by atoms with E-state index in [9.17, 15) is 14.9 Å². The molecule has 0 spiro atoms. The molecule has 0 bridgehead atoms. The summed E-state index contributed by atoms with van der Waals surface area (Å²) in [4.78, 5) is 26.2. The van der Waals surface area contributed by atoms with Crippen molar-refractivity contribution in [3.8, 4) is 11.1 Å². The molecule has 114 valence electrons. The van der Waals surface area contributed by atoms with Crippen LogP contribution in [0.2, 0.25) is 0 Å². The first-order valence-corrected chi connectivity index (χ1v) is 6.70. The van der Waals surface area contributed by atoms with Crippen LogP contribution in [0, 0.1) is 10.1 Å². The van der Waals surface area contributed by atoms with Gasteiger partial charge in [0, 0.05) is 18.3 Å². The third kappa shape index (κ3) is 3.88. The summed E-state index contributed by atoms with van der Waals surface area (Å²) in [6.45, 7) is 5.35. The summed E-state index contributed by atoms with van der Waals surface area (Å²) in [5.41, 5.74) is 1.13. The summed E-state index contributed by atoms with van der Waals surface area (Å²) >= 11 is 0. The fourth-order valence-corrected chi connectivity index (χ4v) is 1.83. The number of pyridine rings is 1. The van der Waals surface area contributed by atoms with E-state index in [1.54, 1.807) is 45.0 Å². The van der Waals surface area contributed by atoms with Crippen molar-refractivity contribution in [3.05, 3.63) is 58.4 Å². The highest BCUT2D eigenvalue weighted by Crippen LogP contribution is 2.23. The number of carbonyl (C=O) groups is 1. The van der Waals surface area contributed by atoms with Crippen LogP contribution in [0.25, 0.3) is 11.1 Å². The lowest BCUT2D eigenvalue weighted by Gasteiger charge is -2.19. The van der Waals surface area contributed by atoms with E-state index in [1.807, 2.05) is 0 Å². The quantitative estimate of drug-likeness (QED) is 0.491. The van der Waals surface area contributed by atoms with Crippen molar-refractivity contribution in [1.82, 2.24) is 4.98 Å². The average molecular weight is 300 g/mol. The number of esters is 1. The summed E-state index contributed by atoms with van der Waals surface area (Å²) in [6, 6.07) is 9.44. The van der Waals surface area contributed by atoms with Gasteiger partial charge in [-0.1, -0.05) is 0 Å². The number of carbonyl (C=O) groups excluding carboxylic acids is 1. The molecule has 0 saturated carbocycles. The Morgan fingerprint density at radius 3 is 2.32 bits per heavy atom. The highest BCUT2D eigenvalue weighted by atomic mass is 16.6. The number of aromatic nitrogens is 1. The number of benzene rings is 1. The van der Waals surface area contributed by atoms with Crippen molar-refractivity contribution < 1.29 is 14.5 Å². The highest BCUT2D eigenvalue weighted by molar-refractivity contribution is 5.89. The summed E-state index contributed by atoms with van der Waals surface area (Å²) in [7, 11) is 0. The van der Waals surface area contributed by atoms with Gasteiger partial charge in [0.25, 0.3) is 5.69 Å². The summed E-state index contributed by atoms with van der Waals surface area (Å²) in [5.74, 6) is -0.503. The third-order valence-corrected chi connectivity index (χ3v) is 2.78. The predicted octanol–water partition coefficient (Wildman–Crippen LogP) is 3.61. The van der Waals surface area contributed by atoms with Crippen LogP contribution in [0.5, 0.6) is 0 Å². The van der Waals surface area contributed by atoms with Crippen molar-refractivity contribution in [2.75, 3.05) is 0 Å². The number of ether oxygens (including phenoxy) is 1. The topological polar surface area (TPSA) is 82.3 Å². The van der Waals surface area contributed by atoms with Crippen LogP contribution in [0.4, 0.5) is 5.69 Å². The van der Waals surface area contributed by atoms with Gasteiger partial charge in [-0.2, -0.15) is 0 Å². The standard InChI is InChI=1S/C16H16N2O4/c1-16(2,3)22-15(19)14-10-12(8-9-17-14)11-4-6-13(7-5-11)18(20)21/h4-10H,1-3H3. The van der Waals surface area contributed by atoms with E-state index < -0.39 is 16.5 Å². The fraction of sp³-hybridized carbons (Fsp3) is 0.250. The highest BCUT2D eigenvalue weighted by Gasteiger charge is 2.19. The molecule has 0 aliphatic heterocycles. The molecule has 6 heteroatoms. The first-order valence-electron chi connectivity index (χ1n) is 6.70. The molecule has 1 aromatic heterocycles. The second-order valence-electron chi connectivity index (χ2n) is 5.74. The number of hydrogen-bond donors (Lipinski definition) is 0. The maximum absolute atomic E-state index is 12.0. The lowest BCUT2D eigenvalue weighted by atomic mass is 10.1. The van der Waals surface area contributed by atoms with Crippen LogP contribution < -0.4 is 0 Å². The molecule has 0 N–H and O–H groups in total. The van der Waals surface area contributed by atoms with E-state index in [0.717, 1.165) is 11.1 Å². The predicted molar refractivity (Wildman–Crippen MR) is 81.5 cm³/mol. The minimum Gasteiger partial charge on any atom is -0.455 e. The second kappa shape index (κ2) is 5.93. The number of nitrogens with zero attached hydrogens (tertiary/aromatic N) is 2. The Kier molecular flexibility index (Phi) is 4.21. The number of hydrogen-bond acceptors (Lipinski definition) is 5. The van der Waals surface area contributed by atoms with Gasteiger partial charge in [0.15, 0.2) is 0 Å². The maximum atomic E-state index is 12.0. The van der Waals surface area contributed by atoms with Gasteiger partial charge >= 0.3 is 5.97 Å². The smallest absolute Gasteiger partial charge is 0.357 e. The van der Waals surface area contributed by atoms with Gasteiger partial charge in [-0.25, -0.2) is 9.78 Å². The molecular weight excluding hydrogens is 284 g/mol. The molecule has 1 aromatic carbocycles. The Labute approximate surface area is 127 Å². The molecule has 0 saturated heterocycles.